The summed E-state index contributed by atoms with van der Waals surface area (Å²) >= 11 is 0. The van der Waals surface area contributed by atoms with E-state index in [1.807, 2.05) is 6.92 Å². The molecule has 0 unspecified atom stereocenters. The van der Waals surface area contributed by atoms with Crippen molar-refractivity contribution in [1.29, 1.82) is 0 Å². The maximum atomic E-state index is 12.2. The number of hydrogen-bond acceptors (Lipinski definition) is 3. The number of carbonyl (C=O) groups is 2. The van der Waals surface area contributed by atoms with E-state index < -0.39 is 0 Å². The second kappa shape index (κ2) is 6.54. The molecule has 0 spiro atoms. The first-order chi connectivity index (χ1) is 9.65. The van der Waals surface area contributed by atoms with Crippen LogP contribution < -0.4 is 10.6 Å². The number of anilines is 1. The van der Waals surface area contributed by atoms with Crippen LogP contribution in [-0.4, -0.2) is 28.6 Å². The lowest BCUT2D eigenvalue weighted by molar-refractivity contribution is -0.120. The standard InChI is InChI=1S/C14H22N4O2/c1-3-18-9-11(12(17-18)14(20)15-2)16-13(19)10-7-5-4-6-8-10/h9-10H,3-8H2,1-2H3,(H,15,20)(H,16,19). The largest absolute Gasteiger partial charge is 0.354 e. The van der Waals surface area contributed by atoms with Crippen LogP contribution in [0.2, 0.25) is 0 Å². The minimum Gasteiger partial charge on any atom is -0.354 e. The van der Waals surface area contributed by atoms with Gasteiger partial charge in [0, 0.05) is 25.7 Å². The molecule has 1 aliphatic carbocycles. The maximum absolute atomic E-state index is 12.2. The third-order valence-corrected chi connectivity index (χ3v) is 3.76. The Labute approximate surface area is 118 Å². The number of rotatable bonds is 4. The van der Waals surface area contributed by atoms with Crippen LogP contribution in [0.4, 0.5) is 5.69 Å². The van der Waals surface area contributed by atoms with Crippen LogP contribution in [0.15, 0.2) is 6.20 Å². The van der Waals surface area contributed by atoms with Gasteiger partial charge in [0.1, 0.15) is 0 Å². The number of hydrogen-bond donors (Lipinski definition) is 2. The molecule has 2 amide bonds. The van der Waals surface area contributed by atoms with E-state index >= 15 is 0 Å². The normalized spacial score (nSPS) is 15.9. The van der Waals surface area contributed by atoms with E-state index in [1.54, 1.807) is 17.9 Å². The molecule has 110 valence electrons. The summed E-state index contributed by atoms with van der Waals surface area (Å²) in [5.74, 6) is -0.215. The molecule has 0 bridgehead atoms. The Morgan fingerprint density at radius 2 is 2.05 bits per heavy atom. The van der Waals surface area contributed by atoms with Crippen molar-refractivity contribution in [2.24, 2.45) is 5.92 Å². The predicted molar refractivity (Wildman–Crippen MR) is 76.5 cm³/mol. The van der Waals surface area contributed by atoms with Gasteiger partial charge < -0.3 is 10.6 Å². The molecule has 0 aromatic carbocycles. The van der Waals surface area contributed by atoms with Crippen LogP contribution in [0, 0.1) is 5.92 Å². The Morgan fingerprint density at radius 1 is 1.35 bits per heavy atom. The van der Waals surface area contributed by atoms with Crippen molar-refractivity contribution in [3.8, 4) is 0 Å². The van der Waals surface area contributed by atoms with Crippen LogP contribution in [0.3, 0.4) is 0 Å². The lowest BCUT2D eigenvalue weighted by Crippen LogP contribution is -2.26. The molecular weight excluding hydrogens is 256 g/mol. The molecule has 20 heavy (non-hydrogen) atoms. The fourth-order valence-electron chi connectivity index (χ4n) is 2.56. The number of carbonyl (C=O) groups excluding carboxylic acids is 2. The first-order valence-electron chi connectivity index (χ1n) is 7.26. The summed E-state index contributed by atoms with van der Waals surface area (Å²) in [4.78, 5) is 24.0. The summed E-state index contributed by atoms with van der Waals surface area (Å²) in [5.41, 5.74) is 0.778. The van der Waals surface area contributed by atoms with Gasteiger partial charge in [-0.15, -0.1) is 0 Å². The molecule has 0 atom stereocenters. The summed E-state index contributed by atoms with van der Waals surface area (Å²) in [6, 6.07) is 0. The van der Waals surface area contributed by atoms with Crippen LogP contribution in [0.5, 0.6) is 0 Å². The van der Waals surface area contributed by atoms with E-state index in [2.05, 4.69) is 15.7 Å². The number of aromatic nitrogens is 2. The number of aryl methyl sites for hydroxylation is 1. The Morgan fingerprint density at radius 3 is 2.65 bits per heavy atom. The molecule has 1 fully saturated rings. The number of nitrogens with one attached hydrogen (secondary N) is 2. The molecule has 1 aliphatic rings. The van der Waals surface area contributed by atoms with E-state index in [0.29, 0.717) is 12.2 Å². The summed E-state index contributed by atoms with van der Waals surface area (Å²) in [5, 5.41) is 9.60. The van der Waals surface area contributed by atoms with Crippen molar-refractivity contribution in [2.45, 2.75) is 45.6 Å². The van der Waals surface area contributed by atoms with Gasteiger partial charge in [0.2, 0.25) is 5.91 Å². The van der Waals surface area contributed by atoms with Gasteiger partial charge in [0.15, 0.2) is 5.69 Å². The highest BCUT2D eigenvalue weighted by molar-refractivity contribution is 6.02. The summed E-state index contributed by atoms with van der Waals surface area (Å²) in [6.45, 7) is 2.59. The fraction of sp³-hybridized carbons (Fsp3) is 0.643. The molecule has 1 heterocycles. The van der Waals surface area contributed by atoms with Gasteiger partial charge in [0.05, 0.1) is 5.69 Å². The van der Waals surface area contributed by atoms with Crippen LogP contribution >= 0.6 is 0 Å². The Bertz CT molecular complexity index is 489. The van der Waals surface area contributed by atoms with Crippen molar-refractivity contribution in [3.05, 3.63) is 11.9 Å². The monoisotopic (exact) mass is 278 g/mol. The van der Waals surface area contributed by atoms with Crippen molar-refractivity contribution >= 4 is 17.5 Å². The second-order valence-electron chi connectivity index (χ2n) is 5.15. The quantitative estimate of drug-likeness (QED) is 0.881. The maximum Gasteiger partial charge on any atom is 0.273 e. The van der Waals surface area contributed by atoms with Gasteiger partial charge in [-0.05, 0) is 19.8 Å². The molecule has 1 saturated carbocycles. The topological polar surface area (TPSA) is 76.0 Å². The van der Waals surface area contributed by atoms with E-state index in [4.69, 9.17) is 0 Å². The van der Waals surface area contributed by atoms with E-state index in [1.165, 1.54) is 6.42 Å². The van der Waals surface area contributed by atoms with Gasteiger partial charge >= 0.3 is 0 Å². The van der Waals surface area contributed by atoms with Crippen molar-refractivity contribution < 1.29 is 9.59 Å². The molecule has 6 nitrogen and oxygen atoms in total. The second-order valence-corrected chi connectivity index (χ2v) is 5.15. The Hall–Kier alpha value is -1.85. The average Bonchev–Trinajstić information content (AvgIpc) is 2.90. The number of nitrogens with zero attached hydrogens (tertiary/aromatic N) is 2. The van der Waals surface area contributed by atoms with E-state index in [9.17, 15) is 9.59 Å². The van der Waals surface area contributed by atoms with Crippen molar-refractivity contribution in [2.75, 3.05) is 12.4 Å². The molecule has 0 saturated heterocycles. The van der Waals surface area contributed by atoms with Crippen LogP contribution in [0.25, 0.3) is 0 Å². The average molecular weight is 278 g/mol. The highest BCUT2D eigenvalue weighted by Gasteiger charge is 2.24. The molecule has 6 heteroatoms. The summed E-state index contributed by atoms with van der Waals surface area (Å²) < 4.78 is 1.65. The van der Waals surface area contributed by atoms with E-state index in [-0.39, 0.29) is 23.4 Å². The van der Waals surface area contributed by atoms with Gasteiger partial charge in [-0.3, -0.25) is 14.3 Å². The first kappa shape index (κ1) is 14.6. The third-order valence-electron chi connectivity index (χ3n) is 3.76. The Balaban J connectivity index is 2.12. The molecule has 2 N–H and O–H groups in total. The molecular formula is C14H22N4O2. The Kier molecular flexibility index (Phi) is 4.76. The van der Waals surface area contributed by atoms with Crippen LogP contribution in [0.1, 0.15) is 49.5 Å². The molecule has 2 rings (SSSR count). The third kappa shape index (κ3) is 3.18. The van der Waals surface area contributed by atoms with Gasteiger partial charge in [-0.1, -0.05) is 19.3 Å². The highest BCUT2D eigenvalue weighted by atomic mass is 16.2. The van der Waals surface area contributed by atoms with Crippen LogP contribution in [-0.2, 0) is 11.3 Å². The molecule has 1 aromatic heterocycles. The zero-order chi connectivity index (χ0) is 14.5. The summed E-state index contributed by atoms with van der Waals surface area (Å²) in [7, 11) is 1.56. The predicted octanol–water partition coefficient (Wildman–Crippen LogP) is 1.78. The fourth-order valence-corrected chi connectivity index (χ4v) is 2.56. The van der Waals surface area contributed by atoms with Gasteiger partial charge in [-0.25, -0.2) is 0 Å². The summed E-state index contributed by atoms with van der Waals surface area (Å²) in [6.07, 6.45) is 7.00. The van der Waals surface area contributed by atoms with Gasteiger partial charge in [-0.2, -0.15) is 5.10 Å². The molecule has 0 radical (unpaired) electrons. The lowest BCUT2D eigenvalue weighted by Gasteiger charge is -2.20. The van der Waals surface area contributed by atoms with Crippen molar-refractivity contribution in [1.82, 2.24) is 15.1 Å². The minimum absolute atomic E-state index is 0.00510. The minimum atomic E-state index is -0.281. The molecule has 0 aliphatic heterocycles. The number of amides is 2. The lowest BCUT2D eigenvalue weighted by atomic mass is 9.88. The SMILES string of the molecule is CCn1cc(NC(=O)C2CCCCC2)c(C(=O)NC)n1. The van der Waals surface area contributed by atoms with E-state index in [0.717, 1.165) is 25.7 Å². The van der Waals surface area contributed by atoms with Crippen molar-refractivity contribution in [3.63, 3.8) is 0 Å². The highest BCUT2D eigenvalue weighted by Crippen LogP contribution is 2.25. The zero-order valence-electron chi connectivity index (χ0n) is 12.1. The molecule has 1 aromatic rings. The first-order valence-corrected chi connectivity index (χ1v) is 7.26. The zero-order valence-corrected chi connectivity index (χ0v) is 12.1. The van der Waals surface area contributed by atoms with Gasteiger partial charge in [0.25, 0.3) is 5.91 Å². The smallest absolute Gasteiger partial charge is 0.273 e.